The van der Waals surface area contributed by atoms with Crippen LogP contribution in [0.15, 0.2) is 0 Å². The molecule has 0 aromatic rings. The standard InChI is InChI=1S/C7H16N2/c1-6(2)5-9(8)7-3-4-7/h6-7H,3-5,8H2,1-2H3. The molecule has 0 atom stereocenters. The fraction of sp³-hybridized carbons (Fsp3) is 1.00. The zero-order valence-corrected chi connectivity index (χ0v) is 6.30. The number of nitrogens with zero attached hydrogens (tertiary/aromatic N) is 1. The molecule has 2 nitrogen and oxygen atoms in total. The fourth-order valence-corrected chi connectivity index (χ4v) is 0.977. The van der Waals surface area contributed by atoms with E-state index < -0.39 is 0 Å². The maximum absolute atomic E-state index is 5.71. The third-order valence-corrected chi connectivity index (χ3v) is 1.59. The molecule has 0 aromatic carbocycles. The van der Waals surface area contributed by atoms with E-state index >= 15 is 0 Å². The Bertz CT molecular complexity index is 86.9. The van der Waals surface area contributed by atoms with Gasteiger partial charge in [0.2, 0.25) is 0 Å². The molecule has 1 rings (SSSR count). The van der Waals surface area contributed by atoms with E-state index in [1.54, 1.807) is 0 Å². The molecule has 1 fully saturated rings. The van der Waals surface area contributed by atoms with Gasteiger partial charge in [0, 0.05) is 12.6 Å². The second-order valence-electron chi connectivity index (χ2n) is 3.32. The smallest absolute Gasteiger partial charge is 0.0242 e. The lowest BCUT2D eigenvalue weighted by atomic mass is 10.2. The van der Waals surface area contributed by atoms with Gasteiger partial charge < -0.3 is 0 Å². The van der Waals surface area contributed by atoms with Gasteiger partial charge in [-0.1, -0.05) is 13.8 Å². The van der Waals surface area contributed by atoms with Crippen molar-refractivity contribution in [1.29, 1.82) is 0 Å². The molecule has 0 bridgehead atoms. The van der Waals surface area contributed by atoms with Crippen LogP contribution in [0.2, 0.25) is 0 Å². The number of rotatable bonds is 3. The van der Waals surface area contributed by atoms with Crippen LogP contribution in [0, 0.1) is 5.92 Å². The number of hydrogen-bond donors (Lipinski definition) is 1. The van der Waals surface area contributed by atoms with E-state index in [-0.39, 0.29) is 0 Å². The van der Waals surface area contributed by atoms with Crippen molar-refractivity contribution in [2.24, 2.45) is 11.8 Å². The zero-order chi connectivity index (χ0) is 6.85. The van der Waals surface area contributed by atoms with Crippen LogP contribution < -0.4 is 5.84 Å². The summed E-state index contributed by atoms with van der Waals surface area (Å²) in [7, 11) is 0. The molecule has 0 aromatic heterocycles. The Morgan fingerprint density at radius 2 is 2.11 bits per heavy atom. The minimum Gasteiger partial charge on any atom is -0.269 e. The number of hydrogen-bond acceptors (Lipinski definition) is 2. The van der Waals surface area contributed by atoms with E-state index in [1.165, 1.54) is 12.8 Å². The predicted molar refractivity (Wildman–Crippen MR) is 38.8 cm³/mol. The van der Waals surface area contributed by atoms with Crippen molar-refractivity contribution in [2.45, 2.75) is 32.7 Å². The Labute approximate surface area is 57.0 Å². The van der Waals surface area contributed by atoms with E-state index in [2.05, 4.69) is 13.8 Å². The van der Waals surface area contributed by atoms with Crippen molar-refractivity contribution in [3.8, 4) is 0 Å². The quantitative estimate of drug-likeness (QED) is 0.453. The summed E-state index contributed by atoms with van der Waals surface area (Å²) in [5.41, 5.74) is 0. The van der Waals surface area contributed by atoms with Crippen LogP contribution in [0.25, 0.3) is 0 Å². The molecule has 0 radical (unpaired) electrons. The van der Waals surface area contributed by atoms with Crippen molar-refractivity contribution < 1.29 is 0 Å². The highest BCUT2D eigenvalue weighted by atomic mass is 15.4. The third-order valence-electron chi connectivity index (χ3n) is 1.59. The minimum absolute atomic E-state index is 0.704. The first-order valence-corrected chi connectivity index (χ1v) is 3.71. The van der Waals surface area contributed by atoms with Gasteiger partial charge in [-0.05, 0) is 18.8 Å². The molecule has 0 heterocycles. The minimum atomic E-state index is 0.704. The lowest BCUT2D eigenvalue weighted by Crippen LogP contribution is -2.36. The first kappa shape index (κ1) is 7.03. The molecule has 9 heavy (non-hydrogen) atoms. The maximum atomic E-state index is 5.71. The molecule has 1 saturated carbocycles. The van der Waals surface area contributed by atoms with Gasteiger partial charge in [0.15, 0.2) is 0 Å². The molecule has 0 spiro atoms. The van der Waals surface area contributed by atoms with E-state index in [0.717, 1.165) is 6.54 Å². The van der Waals surface area contributed by atoms with Gasteiger partial charge >= 0.3 is 0 Å². The van der Waals surface area contributed by atoms with Crippen molar-refractivity contribution >= 4 is 0 Å². The van der Waals surface area contributed by atoms with Gasteiger partial charge in [-0.2, -0.15) is 0 Å². The lowest BCUT2D eigenvalue weighted by Gasteiger charge is -2.16. The Morgan fingerprint density at radius 3 is 2.44 bits per heavy atom. The molecule has 1 aliphatic rings. The van der Waals surface area contributed by atoms with Gasteiger partial charge in [0.05, 0.1) is 0 Å². The van der Waals surface area contributed by atoms with Gasteiger partial charge in [0.1, 0.15) is 0 Å². The lowest BCUT2D eigenvalue weighted by molar-refractivity contribution is 0.241. The Morgan fingerprint density at radius 1 is 1.56 bits per heavy atom. The van der Waals surface area contributed by atoms with E-state index in [4.69, 9.17) is 5.84 Å². The molecule has 54 valence electrons. The van der Waals surface area contributed by atoms with Crippen LogP contribution in [0.4, 0.5) is 0 Å². The average Bonchev–Trinajstić information content (AvgIpc) is 2.40. The van der Waals surface area contributed by atoms with E-state index in [0.29, 0.717) is 12.0 Å². The molecular formula is C7H16N2. The van der Waals surface area contributed by atoms with Gasteiger partial charge in [-0.3, -0.25) is 5.84 Å². The van der Waals surface area contributed by atoms with Crippen LogP contribution >= 0.6 is 0 Å². The molecule has 0 aliphatic heterocycles. The van der Waals surface area contributed by atoms with Gasteiger partial charge in [0.25, 0.3) is 0 Å². The summed E-state index contributed by atoms with van der Waals surface area (Å²) in [5.74, 6) is 6.42. The molecule has 2 N–H and O–H groups in total. The number of hydrazine groups is 1. The highest BCUT2D eigenvalue weighted by molar-refractivity contribution is 4.81. The van der Waals surface area contributed by atoms with Crippen LogP contribution in [0.5, 0.6) is 0 Å². The summed E-state index contributed by atoms with van der Waals surface area (Å²) >= 11 is 0. The summed E-state index contributed by atoms with van der Waals surface area (Å²) in [5, 5.41) is 1.98. The van der Waals surface area contributed by atoms with Crippen LogP contribution in [0.3, 0.4) is 0 Å². The maximum Gasteiger partial charge on any atom is 0.0242 e. The van der Waals surface area contributed by atoms with Crippen molar-refractivity contribution in [3.63, 3.8) is 0 Å². The monoisotopic (exact) mass is 128 g/mol. The van der Waals surface area contributed by atoms with Crippen LogP contribution in [-0.2, 0) is 0 Å². The molecule has 0 unspecified atom stereocenters. The van der Waals surface area contributed by atoms with E-state index in [1.807, 2.05) is 5.01 Å². The topological polar surface area (TPSA) is 29.3 Å². The summed E-state index contributed by atoms with van der Waals surface area (Å²) < 4.78 is 0. The molecule has 0 amide bonds. The largest absolute Gasteiger partial charge is 0.269 e. The second kappa shape index (κ2) is 2.67. The summed E-state index contributed by atoms with van der Waals surface area (Å²) in [6.07, 6.45) is 2.62. The Balaban J connectivity index is 2.10. The first-order valence-electron chi connectivity index (χ1n) is 3.71. The molecule has 1 aliphatic carbocycles. The van der Waals surface area contributed by atoms with Gasteiger partial charge in [-0.25, -0.2) is 5.01 Å². The average molecular weight is 128 g/mol. The Hall–Kier alpha value is -0.0800. The van der Waals surface area contributed by atoms with Crippen molar-refractivity contribution in [1.82, 2.24) is 5.01 Å². The van der Waals surface area contributed by atoms with Crippen molar-refractivity contribution in [2.75, 3.05) is 6.54 Å². The highest BCUT2D eigenvalue weighted by Gasteiger charge is 2.26. The van der Waals surface area contributed by atoms with E-state index in [9.17, 15) is 0 Å². The summed E-state index contributed by atoms with van der Waals surface area (Å²) in [6.45, 7) is 5.44. The Kier molecular flexibility index (Phi) is 2.09. The summed E-state index contributed by atoms with van der Waals surface area (Å²) in [6, 6.07) is 0.715. The second-order valence-corrected chi connectivity index (χ2v) is 3.32. The normalized spacial score (nSPS) is 19.7. The van der Waals surface area contributed by atoms with Crippen molar-refractivity contribution in [3.05, 3.63) is 0 Å². The first-order chi connectivity index (χ1) is 4.20. The highest BCUT2D eigenvalue weighted by Crippen LogP contribution is 2.24. The van der Waals surface area contributed by atoms with Crippen LogP contribution in [0.1, 0.15) is 26.7 Å². The predicted octanol–water partition coefficient (Wildman–Crippen LogP) is 0.980. The fourth-order valence-electron chi connectivity index (χ4n) is 0.977. The van der Waals surface area contributed by atoms with Gasteiger partial charge in [-0.15, -0.1) is 0 Å². The molecular weight excluding hydrogens is 112 g/mol. The van der Waals surface area contributed by atoms with Crippen LogP contribution in [-0.4, -0.2) is 17.6 Å². The summed E-state index contributed by atoms with van der Waals surface area (Å²) in [4.78, 5) is 0. The molecule has 2 heteroatoms. The SMILES string of the molecule is CC(C)CN(N)C1CC1. The zero-order valence-electron chi connectivity index (χ0n) is 6.30. The number of nitrogens with two attached hydrogens (primary N) is 1. The third kappa shape index (κ3) is 2.33. The molecule has 0 saturated heterocycles.